The highest BCUT2D eigenvalue weighted by Gasteiger charge is 2.15. The van der Waals surface area contributed by atoms with Crippen molar-refractivity contribution in [2.45, 2.75) is 25.9 Å². The van der Waals surface area contributed by atoms with Crippen molar-refractivity contribution in [1.82, 2.24) is 15.1 Å². The van der Waals surface area contributed by atoms with Gasteiger partial charge in [0, 0.05) is 20.0 Å². The zero-order chi connectivity index (χ0) is 13.7. The summed E-state index contributed by atoms with van der Waals surface area (Å²) in [4.78, 5) is 22.1. The molecule has 0 saturated heterocycles. The lowest BCUT2D eigenvalue weighted by molar-refractivity contribution is -0.146. The first-order chi connectivity index (χ1) is 8.45. The molecule has 1 rings (SSSR count). The van der Waals surface area contributed by atoms with Crippen molar-refractivity contribution in [1.29, 1.82) is 0 Å². The summed E-state index contributed by atoms with van der Waals surface area (Å²) in [6, 6.07) is 1.68. The SMILES string of the molecule is CCc1cc(C(=O)NCCC(O)C(=O)O)n(C)n1. The van der Waals surface area contributed by atoms with E-state index in [0.29, 0.717) is 5.69 Å². The maximum Gasteiger partial charge on any atom is 0.332 e. The number of nitrogens with zero attached hydrogens (tertiary/aromatic N) is 2. The van der Waals surface area contributed by atoms with Crippen LogP contribution >= 0.6 is 0 Å². The van der Waals surface area contributed by atoms with Gasteiger partial charge in [0.25, 0.3) is 5.91 Å². The standard InChI is InChI=1S/C11H17N3O4/c1-3-7-6-8(14(2)13-7)10(16)12-5-4-9(15)11(17)18/h6,9,15H,3-5H2,1-2H3,(H,12,16)(H,17,18). The number of aliphatic hydroxyl groups is 1. The number of carboxylic acids is 1. The third kappa shape index (κ3) is 3.56. The first kappa shape index (κ1) is 14.2. The minimum atomic E-state index is -1.46. The van der Waals surface area contributed by atoms with Crippen LogP contribution in [0.25, 0.3) is 0 Å². The van der Waals surface area contributed by atoms with E-state index in [4.69, 9.17) is 10.2 Å². The van der Waals surface area contributed by atoms with E-state index < -0.39 is 12.1 Å². The highest BCUT2D eigenvalue weighted by Crippen LogP contribution is 2.03. The zero-order valence-electron chi connectivity index (χ0n) is 10.4. The van der Waals surface area contributed by atoms with Crippen molar-refractivity contribution in [2.24, 2.45) is 7.05 Å². The summed E-state index contributed by atoms with van der Waals surface area (Å²) >= 11 is 0. The van der Waals surface area contributed by atoms with E-state index in [2.05, 4.69) is 10.4 Å². The predicted octanol–water partition coefficient (Wildman–Crippen LogP) is -0.452. The number of aromatic nitrogens is 2. The summed E-state index contributed by atoms with van der Waals surface area (Å²) in [5, 5.41) is 24.2. The highest BCUT2D eigenvalue weighted by atomic mass is 16.4. The van der Waals surface area contributed by atoms with E-state index in [-0.39, 0.29) is 18.9 Å². The number of carbonyl (C=O) groups is 2. The van der Waals surface area contributed by atoms with Crippen LogP contribution in [-0.4, -0.2) is 44.5 Å². The smallest absolute Gasteiger partial charge is 0.332 e. The molecule has 3 N–H and O–H groups in total. The number of amides is 1. The van der Waals surface area contributed by atoms with Crippen molar-refractivity contribution in [2.75, 3.05) is 6.54 Å². The Hall–Kier alpha value is -1.89. The lowest BCUT2D eigenvalue weighted by atomic mass is 10.2. The Labute approximate surface area is 104 Å². The van der Waals surface area contributed by atoms with Crippen molar-refractivity contribution >= 4 is 11.9 Å². The van der Waals surface area contributed by atoms with E-state index >= 15 is 0 Å². The maximum absolute atomic E-state index is 11.7. The molecule has 18 heavy (non-hydrogen) atoms. The van der Waals surface area contributed by atoms with Crippen molar-refractivity contribution in [3.05, 3.63) is 17.5 Å². The number of hydrogen-bond acceptors (Lipinski definition) is 4. The molecular weight excluding hydrogens is 238 g/mol. The van der Waals surface area contributed by atoms with E-state index in [1.807, 2.05) is 6.92 Å². The van der Waals surface area contributed by atoms with E-state index in [0.717, 1.165) is 12.1 Å². The van der Waals surface area contributed by atoms with Crippen LogP contribution in [-0.2, 0) is 18.3 Å². The van der Waals surface area contributed by atoms with Gasteiger partial charge < -0.3 is 15.5 Å². The largest absolute Gasteiger partial charge is 0.479 e. The molecule has 1 aromatic rings. The molecule has 100 valence electrons. The van der Waals surface area contributed by atoms with Gasteiger partial charge in [-0.05, 0) is 12.5 Å². The monoisotopic (exact) mass is 255 g/mol. The first-order valence-electron chi connectivity index (χ1n) is 5.67. The zero-order valence-corrected chi connectivity index (χ0v) is 10.4. The third-order valence-electron chi connectivity index (χ3n) is 2.51. The predicted molar refractivity (Wildman–Crippen MR) is 63.2 cm³/mol. The fourth-order valence-electron chi connectivity index (χ4n) is 1.45. The minimum absolute atomic E-state index is 0.0282. The van der Waals surface area contributed by atoms with E-state index in [1.165, 1.54) is 4.68 Å². The Morgan fingerprint density at radius 2 is 2.22 bits per heavy atom. The van der Waals surface area contributed by atoms with Crippen LogP contribution in [0, 0.1) is 0 Å². The summed E-state index contributed by atoms with van der Waals surface area (Å²) in [5.74, 6) is -1.62. The second kappa shape index (κ2) is 6.15. The number of hydrogen-bond donors (Lipinski definition) is 3. The van der Waals surface area contributed by atoms with Gasteiger partial charge in [0.2, 0.25) is 0 Å². The van der Waals surface area contributed by atoms with Crippen LogP contribution in [0.3, 0.4) is 0 Å². The topological polar surface area (TPSA) is 104 Å². The molecule has 1 unspecified atom stereocenters. The molecule has 1 atom stereocenters. The van der Waals surface area contributed by atoms with Crippen LogP contribution in [0.5, 0.6) is 0 Å². The molecule has 7 heteroatoms. The van der Waals surface area contributed by atoms with Crippen LogP contribution in [0.1, 0.15) is 29.5 Å². The average Bonchev–Trinajstić information content (AvgIpc) is 2.70. The minimum Gasteiger partial charge on any atom is -0.479 e. The molecular formula is C11H17N3O4. The summed E-state index contributed by atoms with van der Waals surface area (Å²) in [6.07, 6.45) is -0.749. The van der Waals surface area contributed by atoms with E-state index in [9.17, 15) is 9.59 Å². The molecule has 1 heterocycles. The molecule has 0 spiro atoms. The number of aliphatic hydroxyl groups excluding tert-OH is 1. The molecule has 0 aliphatic rings. The number of aryl methyl sites for hydroxylation is 2. The van der Waals surface area contributed by atoms with Gasteiger partial charge in [0.15, 0.2) is 6.10 Å². The average molecular weight is 255 g/mol. The summed E-state index contributed by atoms with van der Waals surface area (Å²) in [5.41, 5.74) is 1.23. The van der Waals surface area contributed by atoms with Gasteiger partial charge in [-0.2, -0.15) is 5.10 Å². The number of aliphatic carboxylic acids is 1. The van der Waals surface area contributed by atoms with E-state index in [1.54, 1.807) is 13.1 Å². The van der Waals surface area contributed by atoms with Gasteiger partial charge in [-0.15, -0.1) is 0 Å². The Morgan fingerprint density at radius 1 is 1.56 bits per heavy atom. The molecule has 7 nitrogen and oxygen atoms in total. The Morgan fingerprint density at radius 3 is 2.72 bits per heavy atom. The fraction of sp³-hybridized carbons (Fsp3) is 0.545. The second-order valence-electron chi connectivity index (χ2n) is 3.90. The molecule has 1 aromatic heterocycles. The third-order valence-corrected chi connectivity index (χ3v) is 2.51. The lowest BCUT2D eigenvalue weighted by Crippen LogP contribution is -2.31. The van der Waals surface area contributed by atoms with Crippen molar-refractivity contribution in [3.8, 4) is 0 Å². The second-order valence-corrected chi connectivity index (χ2v) is 3.90. The van der Waals surface area contributed by atoms with Crippen molar-refractivity contribution in [3.63, 3.8) is 0 Å². The molecule has 0 aliphatic carbocycles. The summed E-state index contributed by atoms with van der Waals surface area (Å²) < 4.78 is 1.47. The Balaban J connectivity index is 2.50. The molecule has 0 bridgehead atoms. The number of rotatable bonds is 6. The fourth-order valence-corrected chi connectivity index (χ4v) is 1.45. The van der Waals surface area contributed by atoms with Crippen LogP contribution in [0.4, 0.5) is 0 Å². The highest BCUT2D eigenvalue weighted by molar-refractivity contribution is 5.92. The maximum atomic E-state index is 11.7. The van der Waals surface area contributed by atoms with Gasteiger partial charge >= 0.3 is 5.97 Å². The molecule has 0 radical (unpaired) electrons. The lowest BCUT2D eigenvalue weighted by Gasteiger charge is -2.07. The van der Waals surface area contributed by atoms with Gasteiger partial charge in [0.05, 0.1) is 5.69 Å². The van der Waals surface area contributed by atoms with Gasteiger partial charge in [-0.1, -0.05) is 6.92 Å². The molecule has 0 aromatic carbocycles. The number of nitrogens with one attached hydrogen (secondary N) is 1. The normalized spacial score (nSPS) is 12.2. The Bertz CT molecular complexity index is 441. The van der Waals surface area contributed by atoms with Crippen molar-refractivity contribution < 1.29 is 19.8 Å². The molecule has 1 amide bonds. The molecule has 0 fully saturated rings. The summed E-state index contributed by atoms with van der Waals surface area (Å²) in [6.45, 7) is 2.03. The first-order valence-corrected chi connectivity index (χ1v) is 5.67. The van der Waals surface area contributed by atoms with Crippen LogP contribution < -0.4 is 5.32 Å². The van der Waals surface area contributed by atoms with Gasteiger partial charge in [0.1, 0.15) is 5.69 Å². The Kier molecular flexibility index (Phi) is 4.85. The molecule has 0 saturated carbocycles. The molecule has 0 aliphatic heterocycles. The number of carboxylic acid groups (broad SMARTS) is 1. The summed E-state index contributed by atoms with van der Waals surface area (Å²) in [7, 11) is 1.67. The van der Waals surface area contributed by atoms with Gasteiger partial charge in [-0.3, -0.25) is 9.48 Å². The number of carbonyl (C=O) groups excluding carboxylic acids is 1. The van der Waals surface area contributed by atoms with Crippen LogP contribution in [0.15, 0.2) is 6.07 Å². The quantitative estimate of drug-likeness (QED) is 0.638. The van der Waals surface area contributed by atoms with Gasteiger partial charge in [-0.25, -0.2) is 4.79 Å². The van der Waals surface area contributed by atoms with Crippen LogP contribution in [0.2, 0.25) is 0 Å².